The van der Waals surface area contributed by atoms with Gasteiger partial charge in [-0.15, -0.1) is 0 Å². The van der Waals surface area contributed by atoms with Crippen molar-refractivity contribution in [2.24, 2.45) is 17.8 Å². The maximum atomic E-state index is 12.9. The molecule has 0 aromatic carbocycles. The highest BCUT2D eigenvalue weighted by Crippen LogP contribution is 2.30. The maximum absolute atomic E-state index is 12.9. The van der Waals surface area contributed by atoms with Crippen molar-refractivity contribution in [2.45, 2.75) is 44.8 Å². The first-order chi connectivity index (χ1) is 13.9. The first-order valence-corrected chi connectivity index (χ1v) is 10.3. The molecule has 2 amide bonds. The Hall–Kier alpha value is -2.26. The molecule has 9 heteroatoms. The van der Waals surface area contributed by atoms with Crippen LogP contribution in [0.5, 0.6) is 0 Å². The number of piperidine rings is 1. The third-order valence-electron chi connectivity index (χ3n) is 6.42. The Bertz CT molecular complexity index is 772. The van der Waals surface area contributed by atoms with Crippen LogP contribution < -0.4 is 5.32 Å². The Balaban J connectivity index is 1.40. The molecule has 0 spiro atoms. The number of rotatable bonds is 4. The van der Waals surface area contributed by atoms with Crippen molar-refractivity contribution in [3.8, 4) is 0 Å². The van der Waals surface area contributed by atoms with E-state index in [2.05, 4.69) is 15.5 Å². The molecule has 1 aromatic heterocycles. The van der Waals surface area contributed by atoms with E-state index >= 15 is 0 Å². The van der Waals surface area contributed by atoms with Crippen molar-refractivity contribution in [2.75, 3.05) is 26.3 Å². The molecule has 158 valence electrons. The number of ketones is 1. The highest BCUT2D eigenvalue weighted by molar-refractivity contribution is 5.97. The molecule has 1 aromatic rings. The average Bonchev–Trinajstić information content (AvgIpc) is 3.18. The van der Waals surface area contributed by atoms with Gasteiger partial charge in [-0.25, -0.2) is 0 Å². The summed E-state index contributed by atoms with van der Waals surface area (Å²) in [5.74, 6) is -0.317. The summed E-state index contributed by atoms with van der Waals surface area (Å²) in [4.78, 5) is 38.8. The molecule has 3 N–H and O–H groups in total. The van der Waals surface area contributed by atoms with E-state index < -0.39 is 0 Å². The fraction of sp³-hybridized carbons (Fsp3) is 0.700. The van der Waals surface area contributed by atoms with Gasteiger partial charge in [0.15, 0.2) is 5.78 Å². The Labute approximate surface area is 169 Å². The third-order valence-corrected chi connectivity index (χ3v) is 6.42. The van der Waals surface area contributed by atoms with Gasteiger partial charge in [0.25, 0.3) is 5.91 Å². The number of nitrogens with one attached hydrogen (secondary N) is 2. The zero-order chi connectivity index (χ0) is 20.5. The van der Waals surface area contributed by atoms with Crippen LogP contribution in [0.25, 0.3) is 0 Å². The van der Waals surface area contributed by atoms with Crippen LogP contribution in [-0.2, 0) is 9.53 Å². The summed E-state index contributed by atoms with van der Waals surface area (Å²) in [6.45, 7) is 3.37. The molecule has 0 radical (unpaired) electrons. The van der Waals surface area contributed by atoms with Gasteiger partial charge in [0.2, 0.25) is 5.91 Å². The van der Waals surface area contributed by atoms with Crippen molar-refractivity contribution in [3.05, 3.63) is 17.5 Å². The number of aliphatic hydroxyl groups is 1. The number of aliphatic hydroxyl groups excluding tert-OH is 1. The van der Waals surface area contributed by atoms with Gasteiger partial charge >= 0.3 is 0 Å². The fourth-order valence-corrected chi connectivity index (χ4v) is 4.74. The third kappa shape index (κ3) is 4.20. The number of carbonyl (C=O) groups is 3. The minimum absolute atomic E-state index is 0.0123. The molecule has 4 rings (SSSR count). The number of hydrogen-bond acceptors (Lipinski definition) is 6. The van der Waals surface area contributed by atoms with Crippen LogP contribution in [0.4, 0.5) is 0 Å². The molecule has 1 aliphatic carbocycles. The number of hydrogen-bond donors (Lipinski definition) is 3. The molecule has 1 saturated carbocycles. The van der Waals surface area contributed by atoms with E-state index in [-0.39, 0.29) is 53.2 Å². The van der Waals surface area contributed by atoms with Gasteiger partial charge in [-0.05, 0) is 31.7 Å². The number of nitrogens with zero attached hydrogens (tertiary/aromatic N) is 2. The van der Waals surface area contributed by atoms with Gasteiger partial charge in [0, 0.05) is 43.8 Å². The molecule has 2 aliphatic heterocycles. The van der Waals surface area contributed by atoms with Crippen molar-refractivity contribution in [1.29, 1.82) is 0 Å². The van der Waals surface area contributed by atoms with E-state index in [1.165, 1.54) is 13.0 Å². The van der Waals surface area contributed by atoms with Gasteiger partial charge in [-0.3, -0.25) is 19.5 Å². The molecule has 1 unspecified atom stereocenters. The zero-order valence-electron chi connectivity index (χ0n) is 16.6. The topological polar surface area (TPSA) is 125 Å². The lowest BCUT2D eigenvalue weighted by Gasteiger charge is -2.47. The Morgan fingerprint density at radius 2 is 1.83 bits per heavy atom. The molecule has 3 atom stereocenters. The van der Waals surface area contributed by atoms with Gasteiger partial charge in [0.05, 0.1) is 19.3 Å². The van der Waals surface area contributed by atoms with E-state index in [9.17, 15) is 19.5 Å². The normalized spacial score (nSPS) is 31.9. The molecule has 9 nitrogen and oxygen atoms in total. The first kappa shape index (κ1) is 20.0. The summed E-state index contributed by atoms with van der Waals surface area (Å²) >= 11 is 0. The predicted octanol–water partition coefficient (Wildman–Crippen LogP) is 0.367. The number of aromatic nitrogens is 2. The monoisotopic (exact) mass is 404 g/mol. The summed E-state index contributed by atoms with van der Waals surface area (Å²) < 4.78 is 5.69. The Morgan fingerprint density at radius 1 is 1.17 bits per heavy atom. The molecule has 2 saturated heterocycles. The second kappa shape index (κ2) is 8.23. The lowest BCUT2D eigenvalue weighted by atomic mass is 9.81. The summed E-state index contributed by atoms with van der Waals surface area (Å²) in [6, 6.07) is 1.48. The second-order valence-electron chi connectivity index (χ2n) is 8.53. The minimum Gasteiger partial charge on any atom is -0.393 e. The van der Waals surface area contributed by atoms with Crippen LogP contribution in [0, 0.1) is 17.8 Å². The number of fused-ring (bicyclic) bond motifs is 2. The van der Waals surface area contributed by atoms with E-state index in [0.29, 0.717) is 57.7 Å². The van der Waals surface area contributed by atoms with Crippen LogP contribution in [0.1, 0.15) is 53.6 Å². The van der Waals surface area contributed by atoms with Crippen molar-refractivity contribution >= 4 is 17.6 Å². The molecule has 29 heavy (non-hydrogen) atoms. The van der Waals surface area contributed by atoms with Crippen LogP contribution in [0.15, 0.2) is 6.07 Å². The summed E-state index contributed by atoms with van der Waals surface area (Å²) in [7, 11) is 0. The molecule has 3 heterocycles. The van der Waals surface area contributed by atoms with Crippen molar-refractivity contribution < 1.29 is 24.2 Å². The van der Waals surface area contributed by atoms with Crippen LogP contribution >= 0.6 is 0 Å². The Morgan fingerprint density at radius 3 is 2.41 bits per heavy atom. The number of carbonyl (C=O) groups excluding carboxylic acids is 3. The van der Waals surface area contributed by atoms with Crippen molar-refractivity contribution in [1.82, 2.24) is 20.4 Å². The van der Waals surface area contributed by atoms with Crippen LogP contribution in [0.3, 0.4) is 0 Å². The van der Waals surface area contributed by atoms with Crippen LogP contribution in [-0.4, -0.2) is 76.3 Å². The van der Waals surface area contributed by atoms with Gasteiger partial charge in [-0.1, -0.05) is 0 Å². The zero-order valence-corrected chi connectivity index (χ0v) is 16.6. The van der Waals surface area contributed by atoms with Gasteiger partial charge < -0.3 is 20.1 Å². The summed E-state index contributed by atoms with van der Waals surface area (Å²) in [5, 5.41) is 19.4. The quantitative estimate of drug-likeness (QED) is 0.623. The van der Waals surface area contributed by atoms with E-state index in [1.54, 1.807) is 4.90 Å². The van der Waals surface area contributed by atoms with Crippen molar-refractivity contribution in [3.63, 3.8) is 0 Å². The minimum atomic E-state index is -0.285. The van der Waals surface area contributed by atoms with Gasteiger partial charge in [0.1, 0.15) is 11.4 Å². The molecule has 3 aliphatic rings. The molecule has 3 fully saturated rings. The Kier molecular flexibility index (Phi) is 5.69. The maximum Gasteiger partial charge on any atom is 0.271 e. The van der Waals surface area contributed by atoms with Gasteiger partial charge in [-0.2, -0.15) is 5.10 Å². The summed E-state index contributed by atoms with van der Waals surface area (Å²) in [5.41, 5.74) is 0.550. The number of ether oxygens (including phenoxy) is 1. The van der Waals surface area contributed by atoms with Crippen LogP contribution in [0.2, 0.25) is 0 Å². The number of aromatic amines is 1. The molecule has 2 bridgehead atoms. The highest BCUT2D eigenvalue weighted by atomic mass is 16.5. The largest absolute Gasteiger partial charge is 0.393 e. The summed E-state index contributed by atoms with van der Waals surface area (Å²) in [6.07, 6.45) is 2.50. The standard InChI is InChI=1S/C20H28N4O5/c1-11(25)16-6-17(23-22-16)20(28)24-7-13-9-29-10-14(8-24)18(13)21-19(27)12-2-4-15(26)5-3-12/h6,12-15,18,26H,2-5,7-10H2,1H3,(H,21,27)(H,22,23)/t12?,13-,14+,15?,18?. The lowest BCUT2D eigenvalue weighted by molar-refractivity contribution is -0.131. The lowest BCUT2D eigenvalue weighted by Crippen LogP contribution is -2.62. The smallest absolute Gasteiger partial charge is 0.271 e. The molecular weight excluding hydrogens is 376 g/mol. The number of amides is 2. The molecular formula is C20H28N4O5. The number of likely N-dealkylation sites (tertiary alicyclic amines) is 1. The van der Waals surface area contributed by atoms with E-state index in [0.717, 1.165) is 0 Å². The fourth-order valence-electron chi connectivity index (χ4n) is 4.74. The number of Topliss-reactive ketones (excluding diaryl/α,β-unsaturated/α-hetero) is 1. The van der Waals surface area contributed by atoms with E-state index in [1.807, 2.05) is 0 Å². The highest BCUT2D eigenvalue weighted by Gasteiger charge is 2.43. The second-order valence-corrected chi connectivity index (χ2v) is 8.53. The average molecular weight is 404 g/mol. The SMILES string of the molecule is CC(=O)c1cc(C(=O)N2C[C@H]3COC[C@@H](C2)C3NC(=O)C2CCC(O)CC2)[nH]n1. The predicted molar refractivity (Wildman–Crippen MR) is 102 cm³/mol. The number of H-pyrrole nitrogens is 1. The first-order valence-electron chi connectivity index (χ1n) is 10.3. The van der Waals surface area contributed by atoms with E-state index in [4.69, 9.17) is 4.74 Å².